The molecule has 1 aliphatic rings. The van der Waals surface area contributed by atoms with Crippen LogP contribution in [0.15, 0.2) is 48.8 Å². The fourth-order valence-electron chi connectivity index (χ4n) is 3.40. The molecular formula is C20H18ClN5. The molecule has 1 saturated heterocycles. The molecule has 0 atom stereocenters. The Hall–Kier alpha value is -2.84. The topological polar surface area (TPSA) is 64.8 Å². The summed E-state index contributed by atoms with van der Waals surface area (Å²) in [7, 11) is 0. The van der Waals surface area contributed by atoms with Crippen LogP contribution in [0.4, 0.5) is 11.5 Å². The Morgan fingerprint density at radius 2 is 2.00 bits per heavy atom. The summed E-state index contributed by atoms with van der Waals surface area (Å²) in [6.07, 6.45) is 5.41. The van der Waals surface area contributed by atoms with Gasteiger partial charge in [-0.25, -0.2) is 4.98 Å². The van der Waals surface area contributed by atoms with Gasteiger partial charge in [-0.3, -0.25) is 4.98 Å². The molecule has 0 saturated carbocycles. The zero-order valence-corrected chi connectivity index (χ0v) is 14.9. The second-order valence-corrected chi connectivity index (χ2v) is 6.85. The third-order valence-corrected chi connectivity index (χ3v) is 5.00. The molecule has 1 N–H and O–H groups in total. The number of aromatic nitrogens is 2. The monoisotopic (exact) mass is 363 g/mol. The maximum atomic E-state index is 9.49. The molecule has 0 bridgehead atoms. The molecule has 130 valence electrons. The van der Waals surface area contributed by atoms with Crippen molar-refractivity contribution in [2.24, 2.45) is 0 Å². The van der Waals surface area contributed by atoms with E-state index in [9.17, 15) is 5.26 Å². The van der Waals surface area contributed by atoms with Crippen LogP contribution >= 0.6 is 11.6 Å². The second kappa shape index (κ2) is 7.19. The lowest BCUT2D eigenvalue weighted by molar-refractivity contribution is 0.524. The third-order valence-electron chi connectivity index (χ3n) is 4.77. The fourth-order valence-corrected chi connectivity index (χ4v) is 3.58. The lowest BCUT2D eigenvalue weighted by Gasteiger charge is -2.34. The molecule has 3 aromatic rings. The van der Waals surface area contributed by atoms with Crippen LogP contribution in [-0.2, 0) is 0 Å². The van der Waals surface area contributed by atoms with Crippen molar-refractivity contribution in [3.8, 4) is 6.07 Å². The van der Waals surface area contributed by atoms with Crippen LogP contribution in [0.3, 0.4) is 0 Å². The molecule has 2 aromatic heterocycles. The molecular weight excluding hydrogens is 346 g/mol. The number of piperidine rings is 1. The Labute approximate surface area is 157 Å². The number of hydrogen-bond acceptors (Lipinski definition) is 5. The van der Waals surface area contributed by atoms with E-state index in [1.807, 2.05) is 42.6 Å². The lowest BCUT2D eigenvalue weighted by atomic mass is 10.0. The van der Waals surface area contributed by atoms with Crippen LogP contribution in [0.1, 0.15) is 18.4 Å². The molecule has 5 nitrogen and oxygen atoms in total. The second-order valence-electron chi connectivity index (χ2n) is 6.41. The van der Waals surface area contributed by atoms with Crippen LogP contribution < -0.4 is 10.2 Å². The average Bonchev–Trinajstić information content (AvgIpc) is 2.69. The van der Waals surface area contributed by atoms with E-state index < -0.39 is 0 Å². The smallest absolute Gasteiger partial charge is 0.128 e. The highest BCUT2D eigenvalue weighted by atomic mass is 35.5. The Balaban J connectivity index is 1.55. The van der Waals surface area contributed by atoms with Crippen molar-refractivity contribution in [1.82, 2.24) is 9.97 Å². The number of fused-ring (bicyclic) bond motifs is 1. The predicted octanol–water partition coefficient (Wildman–Crippen LogP) is 4.24. The first-order valence-electron chi connectivity index (χ1n) is 8.65. The molecule has 1 fully saturated rings. The minimum absolute atomic E-state index is 0.298. The van der Waals surface area contributed by atoms with Gasteiger partial charge < -0.3 is 10.2 Å². The van der Waals surface area contributed by atoms with E-state index in [1.165, 1.54) is 0 Å². The van der Waals surface area contributed by atoms with E-state index in [-0.39, 0.29) is 0 Å². The summed E-state index contributed by atoms with van der Waals surface area (Å²) in [6, 6.07) is 14.1. The Morgan fingerprint density at radius 3 is 2.73 bits per heavy atom. The molecule has 0 radical (unpaired) electrons. The van der Waals surface area contributed by atoms with Gasteiger partial charge in [-0.15, -0.1) is 0 Å². The zero-order chi connectivity index (χ0) is 17.9. The van der Waals surface area contributed by atoms with Gasteiger partial charge in [0.25, 0.3) is 0 Å². The van der Waals surface area contributed by atoms with Gasteiger partial charge in [0.2, 0.25) is 0 Å². The van der Waals surface area contributed by atoms with E-state index in [0.717, 1.165) is 48.3 Å². The van der Waals surface area contributed by atoms with Crippen molar-refractivity contribution in [3.05, 3.63) is 59.4 Å². The van der Waals surface area contributed by atoms with Crippen molar-refractivity contribution >= 4 is 34.0 Å². The molecule has 0 unspecified atom stereocenters. The normalized spacial score (nSPS) is 15.0. The van der Waals surface area contributed by atoms with Crippen LogP contribution in [0.2, 0.25) is 5.02 Å². The maximum absolute atomic E-state index is 9.49. The number of nitrogens with zero attached hydrogens (tertiary/aromatic N) is 4. The lowest BCUT2D eigenvalue weighted by Crippen LogP contribution is -2.39. The number of benzene rings is 1. The van der Waals surface area contributed by atoms with Gasteiger partial charge >= 0.3 is 0 Å². The molecule has 1 aliphatic heterocycles. The van der Waals surface area contributed by atoms with Gasteiger partial charge in [-0.2, -0.15) is 5.26 Å². The van der Waals surface area contributed by atoms with Gasteiger partial charge in [0.1, 0.15) is 11.9 Å². The number of halogens is 1. The zero-order valence-electron chi connectivity index (χ0n) is 14.2. The molecule has 4 rings (SSSR count). The summed E-state index contributed by atoms with van der Waals surface area (Å²) < 4.78 is 0. The number of rotatable bonds is 3. The molecule has 6 heteroatoms. The Bertz CT molecular complexity index is 959. The Morgan fingerprint density at radius 1 is 1.15 bits per heavy atom. The van der Waals surface area contributed by atoms with Crippen molar-refractivity contribution in [1.29, 1.82) is 5.26 Å². The highest BCUT2D eigenvalue weighted by Gasteiger charge is 2.21. The molecule has 0 spiro atoms. The molecule has 0 aliphatic carbocycles. The summed E-state index contributed by atoms with van der Waals surface area (Å²) in [6.45, 7) is 1.86. The summed E-state index contributed by atoms with van der Waals surface area (Å²) >= 11 is 6.16. The minimum Gasteiger partial charge on any atom is -0.381 e. The predicted molar refractivity (Wildman–Crippen MR) is 105 cm³/mol. The first kappa shape index (κ1) is 16.6. The van der Waals surface area contributed by atoms with Gasteiger partial charge in [0.05, 0.1) is 16.8 Å². The first-order chi connectivity index (χ1) is 12.7. The van der Waals surface area contributed by atoms with Gasteiger partial charge in [0, 0.05) is 41.9 Å². The van der Waals surface area contributed by atoms with Crippen molar-refractivity contribution in [2.45, 2.75) is 18.9 Å². The first-order valence-corrected chi connectivity index (χ1v) is 9.03. The van der Waals surface area contributed by atoms with E-state index in [4.69, 9.17) is 11.6 Å². The number of nitriles is 1. The van der Waals surface area contributed by atoms with E-state index in [2.05, 4.69) is 26.3 Å². The van der Waals surface area contributed by atoms with Gasteiger partial charge in [0.15, 0.2) is 0 Å². The molecule has 26 heavy (non-hydrogen) atoms. The van der Waals surface area contributed by atoms with Crippen molar-refractivity contribution < 1.29 is 0 Å². The summed E-state index contributed by atoms with van der Waals surface area (Å²) in [5.74, 6) is 1.02. The molecule has 3 heterocycles. The SMILES string of the molecule is N#Cc1cnc2ccc(Cl)cc2c1NC1CCN(c2ccccn2)CC1. The third kappa shape index (κ3) is 3.29. The molecule has 1 aromatic carbocycles. The van der Waals surface area contributed by atoms with Crippen LogP contribution in [0.5, 0.6) is 0 Å². The summed E-state index contributed by atoms with van der Waals surface area (Å²) in [5.41, 5.74) is 2.21. The largest absolute Gasteiger partial charge is 0.381 e. The highest BCUT2D eigenvalue weighted by Crippen LogP contribution is 2.30. The van der Waals surface area contributed by atoms with Gasteiger partial charge in [-0.1, -0.05) is 17.7 Å². The number of pyridine rings is 2. The Kier molecular flexibility index (Phi) is 4.59. The van der Waals surface area contributed by atoms with E-state index >= 15 is 0 Å². The van der Waals surface area contributed by atoms with E-state index in [1.54, 1.807) is 6.20 Å². The quantitative estimate of drug-likeness (QED) is 0.754. The van der Waals surface area contributed by atoms with Crippen molar-refractivity contribution in [3.63, 3.8) is 0 Å². The van der Waals surface area contributed by atoms with E-state index in [0.29, 0.717) is 16.6 Å². The minimum atomic E-state index is 0.298. The average molecular weight is 364 g/mol. The summed E-state index contributed by atoms with van der Waals surface area (Å²) in [4.78, 5) is 11.1. The van der Waals surface area contributed by atoms with Crippen LogP contribution in [-0.4, -0.2) is 29.1 Å². The molecule has 0 amide bonds. The number of nitrogens with one attached hydrogen (secondary N) is 1. The number of anilines is 2. The maximum Gasteiger partial charge on any atom is 0.128 e. The van der Waals surface area contributed by atoms with Crippen molar-refractivity contribution in [2.75, 3.05) is 23.3 Å². The van der Waals surface area contributed by atoms with Crippen LogP contribution in [0.25, 0.3) is 10.9 Å². The van der Waals surface area contributed by atoms with Crippen LogP contribution in [0, 0.1) is 11.3 Å². The number of hydrogen-bond donors (Lipinski definition) is 1. The fraction of sp³-hybridized carbons (Fsp3) is 0.250. The van der Waals surface area contributed by atoms with Gasteiger partial charge in [-0.05, 0) is 43.2 Å². The highest BCUT2D eigenvalue weighted by molar-refractivity contribution is 6.31. The summed E-state index contributed by atoms with van der Waals surface area (Å²) in [5, 5.41) is 14.6. The standard InChI is InChI=1S/C20H18ClN5/c21-15-4-5-18-17(11-15)20(14(12-22)13-24-18)25-16-6-9-26(10-7-16)19-3-1-2-8-23-19/h1-5,8,11,13,16H,6-7,9-10H2,(H,24,25).